The molecule has 0 aliphatic heterocycles. The van der Waals surface area contributed by atoms with E-state index in [1.165, 1.54) is 11.3 Å². The van der Waals surface area contributed by atoms with E-state index in [1.807, 2.05) is 34.6 Å². The summed E-state index contributed by atoms with van der Waals surface area (Å²) in [4.78, 5) is 29.6. The van der Waals surface area contributed by atoms with Crippen molar-refractivity contribution in [1.29, 1.82) is 0 Å². The van der Waals surface area contributed by atoms with Gasteiger partial charge in [0.2, 0.25) is 5.91 Å². The van der Waals surface area contributed by atoms with Gasteiger partial charge in [0.15, 0.2) is 5.13 Å². The number of nitrogens with zero attached hydrogens (tertiary/aromatic N) is 1. The highest BCUT2D eigenvalue weighted by Crippen LogP contribution is 2.62. The van der Waals surface area contributed by atoms with Crippen LogP contribution in [0.2, 0.25) is 0 Å². The summed E-state index contributed by atoms with van der Waals surface area (Å²) in [7, 11) is 0. The summed E-state index contributed by atoms with van der Waals surface area (Å²) in [5, 5.41) is 35.7. The summed E-state index contributed by atoms with van der Waals surface area (Å²) in [5.74, 6) is -1.80. The van der Waals surface area contributed by atoms with E-state index in [2.05, 4.69) is 10.3 Å². The van der Waals surface area contributed by atoms with Crippen molar-refractivity contribution in [3.63, 3.8) is 0 Å². The summed E-state index contributed by atoms with van der Waals surface area (Å²) < 4.78 is 0. The molecule has 0 radical (unpaired) electrons. The highest BCUT2D eigenvalue weighted by atomic mass is 32.1. The van der Waals surface area contributed by atoms with E-state index in [4.69, 9.17) is 0 Å². The Hall–Kier alpha value is -1.51. The van der Waals surface area contributed by atoms with E-state index in [0.29, 0.717) is 30.1 Å². The first kappa shape index (κ1) is 22.2. The predicted molar refractivity (Wildman–Crippen MR) is 108 cm³/mol. The molecule has 5 atom stereocenters. The average Bonchev–Trinajstić information content (AvgIpc) is 3.01. The van der Waals surface area contributed by atoms with Crippen molar-refractivity contribution in [1.82, 2.24) is 4.98 Å². The largest absolute Gasteiger partial charge is 0.550 e. The molecular weight excluding hydrogens is 392 g/mol. The van der Waals surface area contributed by atoms with Crippen molar-refractivity contribution >= 4 is 28.3 Å². The van der Waals surface area contributed by atoms with Gasteiger partial charge in [-0.2, -0.15) is 0 Å². The van der Waals surface area contributed by atoms with E-state index >= 15 is 0 Å². The number of fused-ring (bicyclic) bond motifs is 2. The van der Waals surface area contributed by atoms with Crippen LogP contribution in [0.1, 0.15) is 70.4 Å². The Kier molecular flexibility index (Phi) is 5.60. The lowest BCUT2D eigenvalue weighted by Crippen LogP contribution is -2.57. The minimum absolute atomic E-state index is 0.104. The van der Waals surface area contributed by atoms with Crippen molar-refractivity contribution < 1.29 is 24.9 Å². The highest BCUT2D eigenvalue weighted by molar-refractivity contribution is 7.15. The van der Waals surface area contributed by atoms with Crippen molar-refractivity contribution in [2.45, 2.75) is 72.3 Å². The molecule has 1 saturated carbocycles. The normalized spacial score (nSPS) is 34.2. The standard InChI is InChI=1S/C21H32N2O5S/c1-19(2,3)17(28)23-18-22-16-11(8-15(26)27)20(4)7-6-14(25)21(5,10-24)13(20)9-12(16)29-18/h11,13-14,24-25H,6-10H2,1-5H3,(H,26,27)(H,22,23,28)/p-1/t11-,13+,14-,20+,21+/m1/s1. The molecule has 0 aromatic carbocycles. The van der Waals surface area contributed by atoms with Gasteiger partial charge in [0.05, 0.1) is 18.4 Å². The zero-order valence-corrected chi connectivity index (χ0v) is 18.6. The molecule has 0 unspecified atom stereocenters. The van der Waals surface area contributed by atoms with Crippen LogP contribution >= 0.6 is 11.3 Å². The van der Waals surface area contributed by atoms with Gasteiger partial charge in [-0.3, -0.25) is 4.79 Å². The molecule has 29 heavy (non-hydrogen) atoms. The van der Waals surface area contributed by atoms with E-state index in [0.717, 1.165) is 4.88 Å². The van der Waals surface area contributed by atoms with Crippen LogP contribution in [-0.4, -0.2) is 39.8 Å². The molecule has 8 heteroatoms. The molecule has 1 fully saturated rings. The number of aliphatic hydroxyl groups is 2. The third kappa shape index (κ3) is 3.70. The number of carboxylic acid groups (broad SMARTS) is 1. The van der Waals surface area contributed by atoms with Gasteiger partial charge in [0, 0.05) is 27.6 Å². The van der Waals surface area contributed by atoms with Gasteiger partial charge in [-0.25, -0.2) is 4.98 Å². The Labute approximate surface area is 175 Å². The third-order valence-electron chi connectivity index (χ3n) is 7.17. The van der Waals surface area contributed by atoms with Crippen LogP contribution in [0.5, 0.6) is 0 Å². The van der Waals surface area contributed by atoms with Gasteiger partial charge < -0.3 is 25.4 Å². The fourth-order valence-electron chi connectivity index (χ4n) is 5.15. The van der Waals surface area contributed by atoms with Gasteiger partial charge in [0.1, 0.15) is 0 Å². The van der Waals surface area contributed by atoms with E-state index < -0.39 is 34.2 Å². The number of aliphatic carboxylic acids is 1. The number of hydrogen-bond donors (Lipinski definition) is 3. The molecule has 1 heterocycles. The zero-order chi connectivity index (χ0) is 21.8. The fourth-order valence-corrected chi connectivity index (χ4v) is 6.21. The number of aliphatic hydroxyl groups excluding tert-OH is 2. The Bertz CT molecular complexity index is 816. The number of hydrogen-bond acceptors (Lipinski definition) is 7. The summed E-state index contributed by atoms with van der Waals surface area (Å²) in [6, 6.07) is 0. The summed E-state index contributed by atoms with van der Waals surface area (Å²) in [6.45, 7) is 9.20. The summed E-state index contributed by atoms with van der Waals surface area (Å²) in [6.07, 6.45) is 0.914. The second-order valence-corrected chi connectivity index (χ2v) is 11.2. The van der Waals surface area contributed by atoms with Gasteiger partial charge in [-0.15, -0.1) is 11.3 Å². The number of thiazole rings is 1. The van der Waals surface area contributed by atoms with Crippen molar-refractivity contribution in [3.05, 3.63) is 10.6 Å². The summed E-state index contributed by atoms with van der Waals surface area (Å²) >= 11 is 1.36. The number of aromatic nitrogens is 1. The smallest absolute Gasteiger partial charge is 0.231 e. The first-order chi connectivity index (χ1) is 13.3. The molecular formula is C21H31N2O5S-. The lowest BCUT2D eigenvalue weighted by Gasteiger charge is -2.58. The van der Waals surface area contributed by atoms with Crippen LogP contribution < -0.4 is 10.4 Å². The first-order valence-electron chi connectivity index (χ1n) is 10.1. The Morgan fingerprint density at radius 2 is 2.00 bits per heavy atom. The van der Waals surface area contributed by atoms with Gasteiger partial charge in [-0.1, -0.05) is 34.6 Å². The van der Waals surface area contributed by atoms with Crippen LogP contribution in [0.3, 0.4) is 0 Å². The summed E-state index contributed by atoms with van der Waals surface area (Å²) in [5.41, 5.74) is -1.04. The fraction of sp³-hybridized carbons (Fsp3) is 0.762. The van der Waals surface area contributed by atoms with E-state index in [9.17, 15) is 24.9 Å². The lowest BCUT2D eigenvalue weighted by molar-refractivity contribution is -0.307. The highest BCUT2D eigenvalue weighted by Gasteiger charge is 2.59. The molecule has 3 N–H and O–H groups in total. The SMILES string of the molecule is CC(C)(C)C(=O)Nc1nc2c(s1)C[C@@H]1[C@](C)(CO)[C@H](O)CC[C@@]1(C)[C@@H]2CC(=O)[O-]. The number of carboxylic acids is 1. The maximum Gasteiger partial charge on any atom is 0.231 e. The van der Waals surface area contributed by atoms with Crippen LogP contribution in [0.15, 0.2) is 0 Å². The second kappa shape index (κ2) is 7.32. The minimum Gasteiger partial charge on any atom is -0.550 e. The predicted octanol–water partition coefficient (Wildman–Crippen LogP) is 1.68. The molecule has 3 rings (SSSR count). The maximum atomic E-state index is 12.4. The van der Waals surface area contributed by atoms with Crippen LogP contribution in [0, 0.1) is 22.2 Å². The molecule has 1 aromatic rings. The van der Waals surface area contributed by atoms with Crippen molar-refractivity contribution in [3.8, 4) is 0 Å². The number of carbonyl (C=O) groups is 2. The average molecular weight is 424 g/mol. The van der Waals surface area contributed by atoms with Gasteiger partial charge >= 0.3 is 0 Å². The molecule has 2 aliphatic carbocycles. The van der Waals surface area contributed by atoms with Crippen molar-refractivity contribution in [2.24, 2.45) is 22.2 Å². The molecule has 0 spiro atoms. The second-order valence-electron chi connectivity index (χ2n) is 10.1. The number of nitrogens with one attached hydrogen (secondary N) is 1. The molecule has 1 aromatic heterocycles. The number of amides is 1. The quantitative estimate of drug-likeness (QED) is 0.677. The van der Waals surface area contributed by atoms with Crippen LogP contribution in [-0.2, 0) is 16.0 Å². The number of carbonyl (C=O) groups excluding carboxylic acids is 2. The van der Waals surface area contributed by atoms with E-state index in [1.54, 1.807) is 0 Å². The molecule has 1 amide bonds. The molecule has 7 nitrogen and oxygen atoms in total. The number of anilines is 1. The van der Waals surface area contributed by atoms with Crippen LogP contribution in [0.4, 0.5) is 5.13 Å². The zero-order valence-electron chi connectivity index (χ0n) is 17.7. The topological polar surface area (TPSA) is 123 Å². The Balaban J connectivity index is 2.06. The first-order valence-corrected chi connectivity index (χ1v) is 10.9. The van der Waals surface area contributed by atoms with Crippen molar-refractivity contribution in [2.75, 3.05) is 11.9 Å². The molecule has 162 valence electrons. The molecule has 0 saturated heterocycles. The monoisotopic (exact) mass is 423 g/mol. The van der Waals surface area contributed by atoms with Gasteiger partial charge in [0.25, 0.3) is 0 Å². The Morgan fingerprint density at radius 3 is 2.55 bits per heavy atom. The van der Waals surface area contributed by atoms with Crippen LogP contribution in [0.25, 0.3) is 0 Å². The molecule has 0 bridgehead atoms. The third-order valence-corrected chi connectivity index (χ3v) is 8.18. The van der Waals surface area contributed by atoms with Gasteiger partial charge in [-0.05, 0) is 37.0 Å². The lowest BCUT2D eigenvalue weighted by atomic mass is 9.47. The maximum absolute atomic E-state index is 12.4. The molecule has 2 aliphatic rings. The Morgan fingerprint density at radius 1 is 1.34 bits per heavy atom. The minimum atomic E-state index is -1.15. The number of rotatable bonds is 4. The van der Waals surface area contributed by atoms with E-state index in [-0.39, 0.29) is 24.9 Å².